The molecule has 0 aliphatic carbocycles. The number of para-hydroxylation sites is 1. The molecule has 3 rings (SSSR count). The minimum atomic E-state index is -3.45. The Morgan fingerprint density at radius 1 is 1.27 bits per heavy atom. The molecule has 0 saturated carbocycles. The Balaban J connectivity index is 2.20. The number of guanidine groups is 1. The number of benzene rings is 1. The zero-order valence-electron chi connectivity index (χ0n) is 11.8. The minimum Gasteiger partial charge on any atom is -0.370 e. The van der Waals surface area contributed by atoms with Crippen LogP contribution in [0.3, 0.4) is 0 Å². The van der Waals surface area contributed by atoms with Gasteiger partial charge < -0.3 is 16.0 Å². The molecular formula is C13H16N6O2S. The first-order valence-electron chi connectivity index (χ1n) is 6.46. The van der Waals surface area contributed by atoms with Crippen LogP contribution in [0.15, 0.2) is 41.5 Å². The van der Waals surface area contributed by atoms with Crippen molar-refractivity contribution in [3.63, 3.8) is 0 Å². The Morgan fingerprint density at radius 3 is 2.73 bits per heavy atom. The second-order valence-corrected chi connectivity index (χ2v) is 6.82. The van der Waals surface area contributed by atoms with Crippen LogP contribution in [-0.2, 0) is 15.7 Å². The second-order valence-electron chi connectivity index (χ2n) is 5.07. The van der Waals surface area contributed by atoms with Gasteiger partial charge in [-0.1, -0.05) is 18.2 Å². The highest BCUT2D eigenvalue weighted by Gasteiger charge is 2.38. The van der Waals surface area contributed by atoms with Gasteiger partial charge in [-0.15, -0.1) is 0 Å². The van der Waals surface area contributed by atoms with E-state index >= 15 is 0 Å². The Morgan fingerprint density at radius 2 is 2.00 bits per heavy atom. The summed E-state index contributed by atoms with van der Waals surface area (Å²) in [4.78, 5) is 7.31. The highest BCUT2D eigenvalue weighted by Crippen LogP contribution is 2.38. The summed E-state index contributed by atoms with van der Waals surface area (Å²) in [5.41, 5.74) is 13.1. The predicted octanol–water partition coefficient (Wildman–Crippen LogP) is 0.286. The predicted molar refractivity (Wildman–Crippen MR) is 85.9 cm³/mol. The van der Waals surface area contributed by atoms with E-state index in [0.717, 1.165) is 6.26 Å². The lowest BCUT2D eigenvalue weighted by Gasteiger charge is -2.32. The van der Waals surface area contributed by atoms with Crippen LogP contribution in [0, 0.1) is 0 Å². The molecular weight excluding hydrogens is 304 g/mol. The molecule has 22 heavy (non-hydrogen) atoms. The molecule has 1 aromatic carbocycles. The Bertz CT molecular complexity index is 857. The third-order valence-electron chi connectivity index (χ3n) is 3.32. The highest BCUT2D eigenvalue weighted by atomic mass is 32.2. The van der Waals surface area contributed by atoms with Crippen molar-refractivity contribution in [3.05, 3.63) is 47.8 Å². The number of fused-ring (bicyclic) bond motifs is 1. The lowest BCUT2D eigenvalue weighted by atomic mass is 9.94. The molecule has 7 N–H and O–H groups in total. The Kier molecular flexibility index (Phi) is 3.11. The van der Waals surface area contributed by atoms with Gasteiger partial charge in [0.05, 0.1) is 23.3 Å². The van der Waals surface area contributed by atoms with Crippen molar-refractivity contribution in [3.8, 4) is 0 Å². The van der Waals surface area contributed by atoms with Gasteiger partial charge in [0.15, 0.2) is 11.6 Å². The van der Waals surface area contributed by atoms with Crippen molar-refractivity contribution in [2.45, 2.75) is 5.66 Å². The maximum absolute atomic E-state index is 11.6. The number of H-pyrrole nitrogens is 1. The van der Waals surface area contributed by atoms with Crippen molar-refractivity contribution in [1.29, 1.82) is 0 Å². The number of nitrogens with zero attached hydrogens (tertiary/aromatic N) is 1. The molecule has 1 aliphatic heterocycles. The van der Waals surface area contributed by atoms with Gasteiger partial charge in [-0.05, 0) is 12.1 Å². The average molecular weight is 320 g/mol. The fourth-order valence-electron chi connectivity index (χ4n) is 2.50. The Labute approximate surface area is 127 Å². The molecule has 8 nitrogen and oxygen atoms in total. The van der Waals surface area contributed by atoms with E-state index in [1.807, 2.05) is 0 Å². The molecule has 1 aromatic heterocycles. The number of aliphatic imine (C=N–C) groups is 1. The van der Waals surface area contributed by atoms with Gasteiger partial charge >= 0.3 is 0 Å². The summed E-state index contributed by atoms with van der Waals surface area (Å²) in [5.74, 6) is 0.156. The van der Waals surface area contributed by atoms with Crippen LogP contribution in [-0.4, -0.2) is 25.6 Å². The van der Waals surface area contributed by atoms with Crippen LogP contribution in [0.25, 0.3) is 0 Å². The second kappa shape index (κ2) is 4.75. The number of anilines is 2. The number of sulfonamides is 1. The van der Waals surface area contributed by atoms with Crippen molar-refractivity contribution < 1.29 is 8.42 Å². The highest BCUT2D eigenvalue weighted by molar-refractivity contribution is 7.92. The van der Waals surface area contributed by atoms with Crippen LogP contribution >= 0.6 is 0 Å². The summed E-state index contributed by atoms with van der Waals surface area (Å²) in [6, 6.07) is 8.59. The van der Waals surface area contributed by atoms with Crippen molar-refractivity contribution in [2.75, 3.05) is 16.3 Å². The number of aromatic nitrogens is 1. The van der Waals surface area contributed by atoms with Gasteiger partial charge in [-0.2, -0.15) is 0 Å². The van der Waals surface area contributed by atoms with Gasteiger partial charge in [0.2, 0.25) is 10.0 Å². The largest absolute Gasteiger partial charge is 0.370 e. The first kappa shape index (κ1) is 14.4. The van der Waals surface area contributed by atoms with Crippen LogP contribution < -0.4 is 21.5 Å². The number of nitrogens with one attached hydrogen (secondary N) is 3. The van der Waals surface area contributed by atoms with Gasteiger partial charge in [0, 0.05) is 11.8 Å². The number of nitrogens with two attached hydrogens (primary N) is 2. The molecule has 1 atom stereocenters. The summed E-state index contributed by atoms with van der Waals surface area (Å²) < 4.78 is 25.6. The van der Waals surface area contributed by atoms with Crippen molar-refractivity contribution in [2.24, 2.45) is 16.5 Å². The maximum Gasteiger partial charge on any atom is 0.229 e. The molecule has 0 radical (unpaired) electrons. The third-order valence-corrected chi connectivity index (χ3v) is 3.91. The normalized spacial score (nSPS) is 20.7. The summed E-state index contributed by atoms with van der Waals surface area (Å²) in [7, 11) is -3.45. The SMILES string of the molecule is CS(=O)(=O)Nc1ccccc1C1(N)N=C(N)Nc2cc[nH]c21. The molecule has 0 saturated heterocycles. The van der Waals surface area contributed by atoms with E-state index in [0.29, 0.717) is 22.6 Å². The average Bonchev–Trinajstić information content (AvgIpc) is 2.86. The van der Waals surface area contributed by atoms with Crippen molar-refractivity contribution in [1.82, 2.24) is 4.98 Å². The van der Waals surface area contributed by atoms with Crippen molar-refractivity contribution >= 4 is 27.4 Å². The van der Waals surface area contributed by atoms with Crippen LogP contribution in [0.1, 0.15) is 11.3 Å². The van der Waals surface area contributed by atoms with E-state index in [2.05, 4.69) is 20.0 Å². The van der Waals surface area contributed by atoms with E-state index in [9.17, 15) is 8.42 Å². The fourth-order valence-corrected chi connectivity index (χ4v) is 3.08. The molecule has 116 valence electrons. The Hall–Kier alpha value is -2.52. The van der Waals surface area contributed by atoms with E-state index in [4.69, 9.17) is 11.5 Å². The van der Waals surface area contributed by atoms with E-state index in [1.54, 1.807) is 36.5 Å². The zero-order chi connectivity index (χ0) is 16.0. The monoisotopic (exact) mass is 320 g/mol. The van der Waals surface area contributed by atoms with Crippen LogP contribution in [0.5, 0.6) is 0 Å². The summed E-state index contributed by atoms with van der Waals surface area (Å²) in [6.45, 7) is 0. The molecule has 2 heterocycles. The molecule has 0 bridgehead atoms. The quantitative estimate of drug-likeness (QED) is 0.553. The van der Waals surface area contributed by atoms with Crippen LogP contribution in [0.2, 0.25) is 0 Å². The zero-order valence-corrected chi connectivity index (χ0v) is 12.6. The summed E-state index contributed by atoms with van der Waals surface area (Å²) >= 11 is 0. The van der Waals surface area contributed by atoms with E-state index in [-0.39, 0.29) is 5.96 Å². The minimum absolute atomic E-state index is 0.156. The summed E-state index contributed by atoms with van der Waals surface area (Å²) in [6.07, 6.45) is 2.78. The summed E-state index contributed by atoms with van der Waals surface area (Å²) in [5, 5.41) is 2.91. The molecule has 2 aromatic rings. The third kappa shape index (κ3) is 2.40. The van der Waals surface area contributed by atoms with Gasteiger partial charge in [0.1, 0.15) is 0 Å². The fraction of sp³-hybridized carbons (Fsp3) is 0.154. The number of rotatable bonds is 3. The molecule has 1 aliphatic rings. The lowest BCUT2D eigenvalue weighted by Crippen LogP contribution is -2.44. The first-order chi connectivity index (χ1) is 10.3. The van der Waals surface area contributed by atoms with E-state index in [1.165, 1.54) is 0 Å². The molecule has 1 unspecified atom stereocenters. The van der Waals surface area contributed by atoms with Crippen LogP contribution in [0.4, 0.5) is 11.4 Å². The standard InChI is InChI=1S/C13H16N6O2S/c1-22(20,21)19-9-5-3-2-4-8(9)13(15)11-10(6-7-16-11)17-12(14)18-13/h2-7,16,19H,15H2,1H3,(H3,14,17,18). The first-order valence-corrected chi connectivity index (χ1v) is 8.35. The number of hydrogen-bond donors (Lipinski definition) is 5. The van der Waals surface area contributed by atoms with Gasteiger partial charge in [-0.3, -0.25) is 10.5 Å². The maximum atomic E-state index is 11.6. The molecule has 9 heteroatoms. The van der Waals surface area contributed by atoms with Gasteiger partial charge in [0.25, 0.3) is 0 Å². The van der Waals surface area contributed by atoms with E-state index < -0.39 is 15.7 Å². The lowest BCUT2D eigenvalue weighted by molar-refractivity contribution is 0.553. The number of hydrogen-bond acceptors (Lipinski definition) is 6. The van der Waals surface area contributed by atoms with Gasteiger partial charge in [-0.25, -0.2) is 13.4 Å². The number of aromatic amines is 1. The topological polar surface area (TPSA) is 138 Å². The molecule has 0 fully saturated rings. The molecule has 0 amide bonds. The molecule has 0 spiro atoms. The smallest absolute Gasteiger partial charge is 0.229 e.